The summed E-state index contributed by atoms with van der Waals surface area (Å²) in [6, 6.07) is 3.95. The summed E-state index contributed by atoms with van der Waals surface area (Å²) in [6.45, 7) is 5.30. The van der Waals surface area contributed by atoms with E-state index in [9.17, 15) is 13.6 Å². The molecule has 0 N–H and O–H groups in total. The lowest BCUT2D eigenvalue weighted by atomic mass is 9.91. The minimum atomic E-state index is -0.499. The summed E-state index contributed by atoms with van der Waals surface area (Å²) >= 11 is 0. The fraction of sp³-hybridized carbons (Fsp3) is 0.476. The average Bonchev–Trinajstić information content (AvgIpc) is 2.67. The predicted molar refractivity (Wildman–Crippen MR) is 99.4 cm³/mol. The van der Waals surface area contributed by atoms with E-state index in [2.05, 4.69) is 9.97 Å². The lowest BCUT2D eigenvalue weighted by molar-refractivity contribution is 0.0667. The number of rotatable bonds is 5. The number of amides is 1. The second-order valence-electron chi connectivity index (χ2n) is 7.48. The maximum atomic E-state index is 13.8. The minimum Gasteiger partial charge on any atom is -0.338 e. The van der Waals surface area contributed by atoms with Gasteiger partial charge in [-0.2, -0.15) is 0 Å². The Morgan fingerprint density at radius 2 is 1.89 bits per heavy atom. The Labute approximate surface area is 158 Å². The highest BCUT2D eigenvalue weighted by Gasteiger charge is 2.25. The highest BCUT2D eigenvalue weighted by atomic mass is 19.1. The standard InChI is InChI=1S/C21H25F2N3O/c1-14(2)20-24-11-16(12-25-20)21(27)26-10-4-5-15(13-26)8-9-17-18(22)6-3-7-19(17)23/h3,6-7,11-12,14-15H,4-5,8-10,13H2,1-2H3/t15-/m0/s1. The van der Waals surface area contributed by atoms with E-state index in [0.717, 1.165) is 18.7 Å². The van der Waals surface area contributed by atoms with Crippen LogP contribution in [0.5, 0.6) is 0 Å². The summed E-state index contributed by atoms with van der Waals surface area (Å²) in [5.74, 6) is 0.0918. The molecule has 1 aliphatic heterocycles. The van der Waals surface area contributed by atoms with Crippen molar-refractivity contribution in [3.05, 3.63) is 59.2 Å². The number of nitrogens with zero attached hydrogens (tertiary/aromatic N) is 3. The first-order valence-corrected chi connectivity index (χ1v) is 9.49. The van der Waals surface area contributed by atoms with Gasteiger partial charge in [-0.25, -0.2) is 18.7 Å². The molecule has 0 saturated carbocycles. The minimum absolute atomic E-state index is 0.0768. The number of hydrogen-bond donors (Lipinski definition) is 0. The monoisotopic (exact) mass is 373 g/mol. The number of halogens is 2. The number of hydrogen-bond acceptors (Lipinski definition) is 3. The molecule has 0 unspecified atom stereocenters. The van der Waals surface area contributed by atoms with Crippen molar-refractivity contribution in [2.75, 3.05) is 13.1 Å². The first-order valence-electron chi connectivity index (χ1n) is 9.49. The van der Waals surface area contributed by atoms with Gasteiger partial charge < -0.3 is 4.90 Å². The molecule has 0 aliphatic carbocycles. The number of likely N-dealkylation sites (tertiary alicyclic amines) is 1. The lowest BCUT2D eigenvalue weighted by Gasteiger charge is -2.33. The van der Waals surface area contributed by atoms with Gasteiger partial charge in [0.1, 0.15) is 17.5 Å². The third kappa shape index (κ3) is 4.67. The first-order chi connectivity index (χ1) is 13.0. The number of piperidine rings is 1. The highest BCUT2D eigenvalue weighted by Crippen LogP contribution is 2.24. The van der Waals surface area contributed by atoms with Crippen molar-refractivity contribution in [3.63, 3.8) is 0 Å². The second kappa shape index (κ2) is 8.55. The molecule has 1 aliphatic rings. The molecule has 1 aromatic carbocycles. The maximum Gasteiger partial charge on any atom is 0.256 e. The van der Waals surface area contributed by atoms with Gasteiger partial charge in [-0.3, -0.25) is 4.79 Å². The fourth-order valence-corrected chi connectivity index (χ4v) is 3.53. The zero-order valence-electron chi connectivity index (χ0n) is 15.8. The van der Waals surface area contributed by atoms with Crippen molar-refractivity contribution in [3.8, 4) is 0 Å². The van der Waals surface area contributed by atoms with E-state index in [1.807, 2.05) is 13.8 Å². The van der Waals surface area contributed by atoms with E-state index in [1.165, 1.54) is 18.2 Å². The van der Waals surface area contributed by atoms with Crippen molar-refractivity contribution in [2.45, 2.75) is 45.4 Å². The Balaban J connectivity index is 1.61. The Kier molecular flexibility index (Phi) is 6.14. The van der Waals surface area contributed by atoms with Gasteiger partial charge in [0, 0.05) is 37.0 Å². The summed E-state index contributed by atoms with van der Waals surface area (Å²) in [4.78, 5) is 23.1. The molecule has 0 radical (unpaired) electrons. The topological polar surface area (TPSA) is 46.1 Å². The van der Waals surface area contributed by atoms with Crippen molar-refractivity contribution in [2.24, 2.45) is 5.92 Å². The number of benzene rings is 1. The van der Waals surface area contributed by atoms with Gasteiger partial charge in [-0.15, -0.1) is 0 Å². The van der Waals surface area contributed by atoms with Crippen LogP contribution in [0.4, 0.5) is 8.78 Å². The van der Waals surface area contributed by atoms with Gasteiger partial charge in [0.2, 0.25) is 0 Å². The van der Waals surface area contributed by atoms with E-state index in [4.69, 9.17) is 0 Å². The Hall–Kier alpha value is -2.37. The van der Waals surface area contributed by atoms with Gasteiger partial charge in [0.05, 0.1) is 5.56 Å². The van der Waals surface area contributed by atoms with E-state index in [-0.39, 0.29) is 23.3 Å². The molecule has 1 atom stereocenters. The van der Waals surface area contributed by atoms with Crippen LogP contribution in [0.25, 0.3) is 0 Å². The molecular weight excluding hydrogens is 348 g/mol. The lowest BCUT2D eigenvalue weighted by Crippen LogP contribution is -2.40. The third-order valence-electron chi connectivity index (χ3n) is 5.11. The summed E-state index contributed by atoms with van der Waals surface area (Å²) < 4.78 is 27.6. The highest BCUT2D eigenvalue weighted by molar-refractivity contribution is 5.93. The molecule has 144 valence electrons. The number of aromatic nitrogens is 2. The van der Waals surface area contributed by atoms with Crippen LogP contribution in [-0.4, -0.2) is 33.9 Å². The molecule has 6 heteroatoms. The van der Waals surface area contributed by atoms with Gasteiger partial charge in [-0.05, 0) is 43.7 Å². The maximum absolute atomic E-state index is 13.8. The molecule has 1 saturated heterocycles. The molecule has 1 fully saturated rings. The summed E-state index contributed by atoms with van der Waals surface area (Å²) in [6.07, 6.45) is 6.03. The predicted octanol–water partition coefficient (Wildman–Crippen LogP) is 4.36. The number of carbonyl (C=O) groups is 1. The van der Waals surface area contributed by atoms with E-state index < -0.39 is 11.6 Å². The molecule has 1 aromatic heterocycles. The van der Waals surface area contributed by atoms with Crippen LogP contribution in [0.1, 0.15) is 60.8 Å². The van der Waals surface area contributed by atoms with Crippen molar-refractivity contribution < 1.29 is 13.6 Å². The summed E-state index contributed by atoms with van der Waals surface area (Å²) in [5, 5.41) is 0. The smallest absolute Gasteiger partial charge is 0.256 e. The average molecular weight is 373 g/mol. The van der Waals surface area contributed by atoms with Crippen LogP contribution in [0, 0.1) is 17.6 Å². The molecule has 2 aromatic rings. The van der Waals surface area contributed by atoms with E-state index in [1.54, 1.807) is 17.3 Å². The van der Waals surface area contributed by atoms with E-state index >= 15 is 0 Å². The zero-order chi connectivity index (χ0) is 19.4. The Morgan fingerprint density at radius 1 is 1.22 bits per heavy atom. The normalized spacial score (nSPS) is 17.4. The third-order valence-corrected chi connectivity index (χ3v) is 5.11. The Morgan fingerprint density at radius 3 is 2.52 bits per heavy atom. The largest absolute Gasteiger partial charge is 0.338 e. The van der Waals surface area contributed by atoms with Crippen molar-refractivity contribution in [1.29, 1.82) is 0 Å². The summed E-state index contributed by atoms with van der Waals surface area (Å²) in [5.41, 5.74) is 0.624. The van der Waals surface area contributed by atoms with E-state index in [0.29, 0.717) is 31.5 Å². The molecule has 1 amide bonds. The van der Waals surface area contributed by atoms with Crippen LogP contribution in [0.2, 0.25) is 0 Å². The van der Waals surface area contributed by atoms with Gasteiger partial charge >= 0.3 is 0 Å². The fourth-order valence-electron chi connectivity index (χ4n) is 3.53. The molecule has 2 heterocycles. The second-order valence-corrected chi connectivity index (χ2v) is 7.48. The van der Waals surface area contributed by atoms with Crippen LogP contribution < -0.4 is 0 Å². The van der Waals surface area contributed by atoms with Crippen LogP contribution in [0.15, 0.2) is 30.6 Å². The van der Waals surface area contributed by atoms with Crippen molar-refractivity contribution >= 4 is 5.91 Å². The van der Waals surface area contributed by atoms with Crippen LogP contribution >= 0.6 is 0 Å². The van der Waals surface area contributed by atoms with Crippen LogP contribution in [0.3, 0.4) is 0 Å². The van der Waals surface area contributed by atoms with Crippen LogP contribution in [-0.2, 0) is 6.42 Å². The van der Waals surface area contributed by atoms with Gasteiger partial charge in [0.25, 0.3) is 5.91 Å². The summed E-state index contributed by atoms with van der Waals surface area (Å²) in [7, 11) is 0. The first kappa shape index (κ1) is 19.4. The van der Waals surface area contributed by atoms with Gasteiger partial charge in [-0.1, -0.05) is 19.9 Å². The van der Waals surface area contributed by atoms with Crippen molar-refractivity contribution in [1.82, 2.24) is 14.9 Å². The molecule has 4 nitrogen and oxygen atoms in total. The molecule has 0 spiro atoms. The molecule has 27 heavy (non-hydrogen) atoms. The van der Waals surface area contributed by atoms with Gasteiger partial charge in [0.15, 0.2) is 0 Å². The molecule has 3 rings (SSSR count). The zero-order valence-corrected chi connectivity index (χ0v) is 15.8. The Bertz CT molecular complexity index is 772. The number of carbonyl (C=O) groups excluding carboxylic acids is 1. The SMILES string of the molecule is CC(C)c1ncc(C(=O)N2CCC[C@@H](CCc3c(F)cccc3F)C2)cn1. The molecular formula is C21H25F2N3O. The molecule has 0 bridgehead atoms. The quantitative estimate of drug-likeness (QED) is 0.782.